The van der Waals surface area contributed by atoms with E-state index in [-0.39, 0.29) is 27.4 Å². The molecule has 0 aliphatic carbocycles. The van der Waals surface area contributed by atoms with E-state index >= 15 is 0 Å². The van der Waals surface area contributed by atoms with E-state index in [9.17, 15) is 9.90 Å². The van der Waals surface area contributed by atoms with Gasteiger partial charge in [0.25, 0.3) is 0 Å². The van der Waals surface area contributed by atoms with Gasteiger partial charge in [-0.15, -0.1) is 0 Å². The van der Waals surface area contributed by atoms with Gasteiger partial charge in [-0.05, 0) is 19.3 Å². The summed E-state index contributed by atoms with van der Waals surface area (Å²) in [6.45, 7) is 0. The number of aliphatic hydroxyl groups excluding tert-OH is 1. The van der Waals surface area contributed by atoms with Crippen LogP contribution in [-0.2, 0) is 9.53 Å². The Morgan fingerprint density at radius 1 is 1.20 bits per heavy atom. The fourth-order valence-corrected chi connectivity index (χ4v) is 1.57. The number of rotatable bonds is 2. The summed E-state index contributed by atoms with van der Waals surface area (Å²) in [6.07, 6.45) is 3.27. The van der Waals surface area contributed by atoms with Crippen molar-refractivity contribution < 1.29 is 19.7 Å². The maximum absolute atomic E-state index is 10.4. The topological polar surface area (TPSA) is 66.8 Å². The van der Waals surface area contributed by atoms with Gasteiger partial charge in [0.2, 0.25) is 0 Å². The molecule has 1 fully saturated rings. The standard InChI is InChI=1S/C9H16O4.2CH4/c10-8(11)6-7-4-2-1-3-5-9(12)13-7;;/h7,9,12H,1-6H2,(H,10,11);2*1H4. The Labute approximate surface area is 92.3 Å². The molecule has 0 saturated carbocycles. The first-order valence-electron chi connectivity index (χ1n) is 4.74. The van der Waals surface area contributed by atoms with E-state index in [1.165, 1.54) is 0 Å². The number of carbonyl (C=O) groups is 1. The van der Waals surface area contributed by atoms with Crippen molar-refractivity contribution in [3.8, 4) is 0 Å². The summed E-state index contributed by atoms with van der Waals surface area (Å²) in [4.78, 5) is 10.4. The molecule has 15 heavy (non-hydrogen) atoms. The number of aliphatic hydroxyl groups is 1. The van der Waals surface area contributed by atoms with Crippen molar-refractivity contribution in [2.75, 3.05) is 0 Å². The Morgan fingerprint density at radius 3 is 2.40 bits per heavy atom. The van der Waals surface area contributed by atoms with Gasteiger partial charge in [0.1, 0.15) is 0 Å². The number of carboxylic acid groups (broad SMARTS) is 1. The van der Waals surface area contributed by atoms with Crippen LogP contribution in [0.4, 0.5) is 0 Å². The maximum Gasteiger partial charge on any atom is 0.305 e. The highest BCUT2D eigenvalue weighted by Gasteiger charge is 2.19. The van der Waals surface area contributed by atoms with Crippen LogP contribution in [0.1, 0.15) is 53.4 Å². The monoisotopic (exact) mass is 220 g/mol. The van der Waals surface area contributed by atoms with Crippen molar-refractivity contribution in [2.24, 2.45) is 0 Å². The van der Waals surface area contributed by atoms with Crippen molar-refractivity contribution in [1.82, 2.24) is 0 Å². The summed E-state index contributed by atoms with van der Waals surface area (Å²) in [6, 6.07) is 0. The fourth-order valence-electron chi connectivity index (χ4n) is 1.57. The van der Waals surface area contributed by atoms with Crippen LogP contribution in [0.5, 0.6) is 0 Å². The molecule has 0 aromatic carbocycles. The van der Waals surface area contributed by atoms with E-state index in [2.05, 4.69) is 0 Å². The lowest BCUT2D eigenvalue weighted by Crippen LogP contribution is -2.26. The predicted molar refractivity (Wildman–Crippen MR) is 59.7 cm³/mol. The quantitative estimate of drug-likeness (QED) is 0.750. The molecular weight excluding hydrogens is 196 g/mol. The van der Waals surface area contributed by atoms with Crippen molar-refractivity contribution in [2.45, 2.75) is 65.8 Å². The summed E-state index contributed by atoms with van der Waals surface area (Å²) in [7, 11) is 0. The minimum atomic E-state index is -0.863. The van der Waals surface area contributed by atoms with Crippen LogP contribution in [0.25, 0.3) is 0 Å². The highest BCUT2D eigenvalue weighted by Crippen LogP contribution is 2.18. The van der Waals surface area contributed by atoms with E-state index in [0.29, 0.717) is 6.42 Å². The first-order chi connectivity index (χ1) is 6.18. The molecule has 0 amide bonds. The highest BCUT2D eigenvalue weighted by atomic mass is 16.6. The van der Waals surface area contributed by atoms with Crippen LogP contribution in [0.15, 0.2) is 0 Å². The Bertz CT molecular complexity index is 170. The summed E-state index contributed by atoms with van der Waals surface area (Å²) in [5, 5.41) is 17.8. The van der Waals surface area contributed by atoms with Crippen LogP contribution < -0.4 is 0 Å². The first kappa shape index (κ1) is 16.8. The smallest absolute Gasteiger partial charge is 0.305 e. The minimum Gasteiger partial charge on any atom is -0.481 e. The van der Waals surface area contributed by atoms with Crippen LogP contribution in [0.3, 0.4) is 0 Å². The number of aliphatic carboxylic acids is 1. The van der Waals surface area contributed by atoms with Gasteiger partial charge in [0, 0.05) is 0 Å². The summed E-state index contributed by atoms with van der Waals surface area (Å²) in [5.41, 5.74) is 0. The molecule has 2 unspecified atom stereocenters. The minimum absolute atomic E-state index is 0. The molecule has 4 nitrogen and oxygen atoms in total. The summed E-state index contributed by atoms with van der Waals surface area (Å²) in [5.74, 6) is -0.863. The Kier molecular flexibility index (Phi) is 9.72. The number of ether oxygens (including phenoxy) is 1. The second-order valence-electron chi connectivity index (χ2n) is 3.45. The van der Waals surface area contributed by atoms with Gasteiger partial charge < -0.3 is 14.9 Å². The third-order valence-corrected chi connectivity index (χ3v) is 2.23. The van der Waals surface area contributed by atoms with Crippen molar-refractivity contribution in [1.29, 1.82) is 0 Å². The molecule has 0 aromatic rings. The third-order valence-electron chi connectivity index (χ3n) is 2.23. The van der Waals surface area contributed by atoms with Gasteiger partial charge in [-0.3, -0.25) is 4.79 Å². The van der Waals surface area contributed by atoms with Crippen LogP contribution in [-0.4, -0.2) is 28.6 Å². The lowest BCUT2D eigenvalue weighted by atomic mass is 10.0. The second kappa shape index (κ2) is 8.68. The number of carboxylic acids is 1. The van der Waals surface area contributed by atoms with Gasteiger partial charge in [-0.1, -0.05) is 27.7 Å². The SMILES string of the molecule is C.C.O=C(O)CC1CCCCCC(O)O1. The molecule has 1 saturated heterocycles. The highest BCUT2D eigenvalue weighted by molar-refractivity contribution is 5.67. The molecule has 4 heteroatoms. The van der Waals surface area contributed by atoms with Gasteiger partial charge in [-0.2, -0.15) is 0 Å². The van der Waals surface area contributed by atoms with E-state index < -0.39 is 12.3 Å². The first-order valence-corrected chi connectivity index (χ1v) is 4.74. The van der Waals surface area contributed by atoms with Gasteiger partial charge >= 0.3 is 5.97 Å². The maximum atomic E-state index is 10.4. The third kappa shape index (κ3) is 7.33. The lowest BCUT2D eigenvalue weighted by molar-refractivity contribution is -0.161. The van der Waals surface area contributed by atoms with Gasteiger partial charge in [-0.25, -0.2) is 0 Å². The molecule has 1 heterocycles. The van der Waals surface area contributed by atoms with E-state index in [1.54, 1.807) is 0 Å². The van der Waals surface area contributed by atoms with Crippen LogP contribution in [0, 0.1) is 0 Å². The van der Waals surface area contributed by atoms with Crippen LogP contribution in [0.2, 0.25) is 0 Å². The molecule has 92 valence electrons. The van der Waals surface area contributed by atoms with Crippen LogP contribution >= 0.6 is 0 Å². The zero-order valence-electron chi connectivity index (χ0n) is 7.61. The average Bonchev–Trinajstić information content (AvgIpc) is 1.98. The molecule has 0 spiro atoms. The molecular formula is C11H24O4. The molecule has 1 aliphatic heterocycles. The molecule has 2 atom stereocenters. The lowest BCUT2D eigenvalue weighted by Gasteiger charge is -2.22. The number of hydrogen-bond donors (Lipinski definition) is 2. The Hall–Kier alpha value is -0.610. The molecule has 0 radical (unpaired) electrons. The largest absolute Gasteiger partial charge is 0.481 e. The number of hydrogen-bond acceptors (Lipinski definition) is 3. The van der Waals surface area contributed by atoms with Gasteiger partial charge in [0.15, 0.2) is 6.29 Å². The van der Waals surface area contributed by atoms with Crippen molar-refractivity contribution in [3.63, 3.8) is 0 Å². The predicted octanol–water partition coefficient (Wildman–Crippen LogP) is 2.40. The normalized spacial score (nSPS) is 26.5. The molecule has 1 aliphatic rings. The van der Waals surface area contributed by atoms with E-state index in [0.717, 1.165) is 25.7 Å². The molecule has 0 aromatic heterocycles. The Balaban J connectivity index is 0. The zero-order chi connectivity index (χ0) is 9.68. The van der Waals surface area contributed by atoms with E-state index in [4.69, 9.17) is 9.84 Å². The second-order valence-corrected chi connectivity index (χ2v) is 3.45. The van der Waals surface area contributed by atoms with Crippen molar-refractivity contribution >= 4 is 5.97 Å². The molecule has 0 bridgehead atoms. The molecule has 1 rings (SSSR count). The zero-order valence-corrected chi connectivity index (χ0v) is 7.61. The summed E-state index contributed by atoms with van der Waals surface area (Å²) >= 11 is 0. The molecule has 2 N–H and O–H groups in total. The summed E-state index contributed by atoms with van der Waals surface area (Å²) < 4.78 is 5.18. The van der Waals surface area contributed by atoms with E-state index in [1.807, 2.05) is 0 Å². The fraction of sp³-hybridized carbons (Fsp3) is 0.909. The van der Waals surface area contributed by atoms with Crippen molar-refractivity contribution in [3.05, 3.63) is 0 Å². The average molecular weight is 220 g/mol. The van der Waals surface area contributed by atoms with Gasteiger partial charge in [0.05, 0.1) is 12.5 Å². The Morgan fingerprint density at radius 2 is 1.80 bits per heavy atom.